The van der Waals surface area contributed by atoms with Crippen LogP contribution in [0.2, 0.25) is 0 Å². The number of aromatic nitrogens is 2. The highest BCUT2D eigenvalue weighted by Gasteiger charge is 2.42. The van der Waals surface area contributed by atoms with E-state index in [-0.39, 0.29) is 19.0 Å². The van der Waals surface area contributed by atoms with E-state index < -0.39 is 29.6 Å². The quantitative estimate of drug-likeness (QED) is 0.707. The maximum Gasteiger partial charge on any atom is 0.408 e. The third kappa shape index (κ3) is 5.62. The Morgan fingerprint density at radius 1 is 1.23 bits per heavy atom. The Kier molecular flexibility index (Phi) is 6.62. The van der Waals surface area contributed by atoms with Gasteiger partial charge in [-0.3, -0.25) is 4.79 Å². The molecule has 31 heavy (non-hydrogen) atoms. The molecule has 9 nitrogen and oxygen atoms in total. The number of aromatic amines is 1. The monoisotopic (exact) mass is 428 g/mol. The molecule has 2 N–H and O–H groups in total. The molecule has 0 spiro atoms. The number of alkyl carbamates (subject to hydrolysis) is 1. The summed E-state index contributed by atoms with van der Waals surface area (Å²) in [7, 11) is 1.29. The molecule has 0 unspecified atom stereocenters. The first-order valence-electron chi connectivity index (χ1n) is 10.1. The van der Waals surface area contributed by atoms with Crippen molar-refractivity contribution in [1.82, 2.24) is 20.2 Å². The van der Waals surface area contributed by atoms with Crippen molar-refractivity contribution in [2.45, 2.75) is 44.8 Å². The molecule has 1 fully saturated rings. The number of nitrogens with one attached hydrogen (secondary N) is 2. The number of benzene rings is 1. The van der Waals surface area contributed by atoms with Gasteiger partial charge in [-0.1, -0.05) is 30.3 Å². The van der Waals surface area contributed by atoms with Crippen molar-refractivity contribution in [2.24, 2.45) is 0 Å². The van der Waals surface area contributed by atoms with E-state index in [4.69, 9.17) is 9.47 Å². The number of carbonyl (C=O) groups excluding carboxylic acids is 3. The molecule has 1 aliphatic rings. The van der Waals surface area contributed by atoms with Gasteiger partial charge in [-0.2, -0.15) is 0 Å². The van der Waals surface area contributed by atoms with Crippen molar-refractivity contribution in [3.63, 3.8) is 0 Å². The Hall–Kier alpha value is -3.36. The third-order valence-electron chi connectivity index (χ3n) is 4.93. The van der Waals surface area contributed by atoms with Gasteiger partial charge < -0.3 is 24.7 Å². The van der Waals surface area contributed by atoms with Crippen molar-refractivity contribution >= 4 is 18.0 Å². The normalized spacial score (nSPS) is 18.5. The lowest BCUT2D eigenvalue weighted by molar-refractivity contribution is -0.150. The molecular formula is C22H28N4O5. The lowest BCUT2D eigenvalue weighted by Crippen LogP contribution is -2.46. The Balaban J connectivity index is 1.69. The minimum atomic E-state index is -0.742. The third-order valence-corrected chi connectivity index (χ3v) is 4.93. The van der Waals surface area contributed by atoms with Crippen molar-refractivity contribution in [1.29, 1.82) is 0 Å². The summed E-state index contributed by atoms with van der Waals surface area (Å²) >= 11 is 0. The van der Waals surface area contributed by atoms with Crippen LogP contribution >= 0.6 is 0 Å². The molecule has 0 saturated carbocycles. The van der Waals surface area contributed by atoms with Crippen molar-refractivity contribution in [2.75, 3.05) is 20.2 Å². The van der Waals surface area contributed by atoms with E-state index in [1.807, 2.05) is 36.5 Å². The second-order valence-corrected chi connectivity index (χ2v) is 8.41. The van der Waals surface area contributed by atoms with Crippen LogP contribution in [0.4, 0.5) is 4.79 Å². The topological polar surface area (TPSA) is 114 Å². The highest BCUT2D eigenvalue weighted by atomic mass is 16.6. The summed E-state index contributed by atoms with van der Waals surface area (Å²) in [5, 5.41) is 2.45. The van der Waals surface area contributed by atoms with Crippen LogP contribution in [0.5, 0.6) is 0 Å². The van der Waals surface area contributed by atoms with E-state index in [1.54, 1.807) is 20.8 Å². The summed E-state index contributed by atoms with van der Waals surface area (Å²) in [6, 6.07) is 8.99. The van der Waals surface area contributed by atoms with Gasteiger partial charge in [-0.25, -0.2) is 14.6 Å². The second kappa shape index (κ2) is 9.20. The van der Waals surface area contributed by atoms with E-state index in [0.717, 1.165) is 11.3 Å². The number of likely N-dealkylation sites (tertiary alicyclic amines) is 1. The number of H-pyrrole nitrogens is 1. The molecule has 2 amide bonds. The number of hydrogen-bond acceptors (Lipinski definition) is 6. The first-order valence-corrected chi connectivity index (χ1v) is 10.1. The molecule has 3 rings (SSSR count). The van der Waals surface area contributed by atoms with Crippen LogP contribution < -0.4 is 5.32 Å². The van der Waals surface area contributed by atoms with E-state index in [0.29, 0.717) is 12.2 Å². The number of carbonyl (C=O) groups is 3. The highest BCUT2D eigenvalue weighted by Crippen LogP contribution is 2.32. The lowest BCUT2D eigenvalue weighted by atomic mass is 10.1. The summed E-state index contributed by atoms with van der Waals surface area (Å²) < 4.78 is 10.0. The fraction of sp³-hybridized carbons (Fsp3) is 0.455. The van der Waals surface area contributed by atoms with Crippen LogP contribution in [0.15, 0.2) is 36.5 Å². The maximum absolute atomic E-state index is 12.8. The van der Waals surface area contributed by atoms with Crippen molar-refractivity contribution in [3.8, 4) is 11.3 Å². The number of nitrogens with zero attached hydrogens (tertiary/aromatic N) is 2. The first-order chi connectivity index (χ1) is 14.7. The SMILES string of the molecule is COC(=O)[C@@H]1C[C@@H](c2nc(-c3ccccc3)c[nH]2)CN1C(=O)CNC(=O)OC(C)(C)C. The average Bonchev–Trinajstić information content (AvgIpc) is 3.38. The van der Waals surface area contributed by atoms with Gasteiger partial charge in [0, 0.05) is 24.2 Å². The van der Waals surface area contributed by atoms with Crippen LogP contribution in [0.1, 0.15) is 38.9 Å². The number of esters is 1. The van der Waals surface area contributed by atoms with Crippen molar-refractivity contribution < 1.29 is 23.9 Å². The van der Waals surface area contributed by atoms with Gasteiger partial charge in [0.05, 0.1) is 12.8 Å². The standard InChI is InChI=1S/C22H28N4O5/c1-22(2,3)31-21(29)24-12-18(27)26-13-15(10-17(26)20(28)30-4)19-23-11-16(25-19)14-8-6-5-7-9-14/h5-9,11,15,17H,10,12-13H2,1-4H3,(H,23,25)(H,24,29)/t15-,17+/m1/s1. The van der Waals surface area contributed by atoms with E-state index >= 15 is 0 Å². The number of methoxy groups -OCH3 is 1. The molecule has 166 valence electrons. The van der Waals surface area contributed by atoms with Crippen LogP contribution in [-0.2, 0) is 19.1 Å². The highest BCUT2D eigenvalue weighted by molar-refractivity contribution is 5.88. The van der Waals surface area contributed by atoms with E-state index in [2.05, 4.69) is 15.3 Å². The van der Waals surface area contributed by atoms with Gasteiger partial charge >= 0.3 is 12.1 Å². The van der Waals surface area contributed by atoms with E-state index in [9.17, 15) is 14.4 Å². The van der Waals surface area contributed by atoms with E-state index in [1.165, 1.54) is 12.0 Å². The molecule has 0 aliphatic carbocycles. The molecule has 2 aromatic rings. The molecule has 1 aliphatic heterocycles. The first kappa shape index (κ1) is 22.3. The number of ether oxygens (including phenoxy) is 2. The Labute approximate surface area is 181 Å². The molecule has 0 radical (unpaired) electrons. The maximum atomic E-state index is 12.8. The van der Waals surface area contributed by atoms with Crippen LogP contribution in [-0.4, -0.2) is 64.7 Å². The molecular weight excluding hydrogens is 400 g/mol. The summed E-state index contributed by atoms with van der Waals surface area (Å²) in [5.74, 6) is -0.350. The molecule has 2 heterocycles. The molecule has 9 heteroatoms. The molecule has 1 aromatic heterocycles. The number of rotatable bonds is 5. The molecule has 1 saturated heterocycles. The summed E-state index contributed by atoms with van der Waals surface area (Å²) in [4.78, 5) is 46.2. The number of hydrogen-bond donors (Lipinski definition) is 2. The molecule has 1 aromatic carbocycles. The van der Waals surface area contributed by atoms with Gasteiger partial charge in [-0.15, -0.1) is 0 Å². The summed E-state index contributed by atoms with van der Waals surface area (Å²) in [5.41, 5.74) is 1.10. The Bertz CT molecular complexity index is 935. The smallest absolute Gasteiger partial charge is 0.408 e. The number of amides is 2. The molecule has 2 atom stereocenters. The fourth-order valence-corrected chi connectivity index (χ4v) is 3.54. The minimum absolute atomic E-state index is 0.160. The van der Waals surface area contributed by atoms with Crippen molar-refractivity contribution in [3.05, 3.63) is 42.4 Å². The Morgan fingerprint density at radius 2 is 1.94 bits per heavy atom. The largest absolute Gasteiger partial charge is 0.467 e. The van der Waals surface area contributed by atoms with Gasteiger partial charge in [0.2, 0.25) is 5.91 Å². The zero-order valence-corrected chi connectivity index (χ0v) is 18.2. The summed E-state index contributed by atoms with van der Waals surface area (Å²) in [6.07, 6.45) is 1.50. The summed E-state index contributed by atoms with van der Waals surface area (Å²) in [6.45, 7) is 5.22. The lowest BCUT2D eigenvalue weighted by Gasteiger charge is -2.23. The van der Waals surface area contributed by atoms with Crippen LogP contribution in [0.3, 0.4) is 0 Å². The molecule has 0 bridgehead atoms. The van der Waals surface area contributed by atoms with Crippen LogP contribution in [0, 0.1) is 0 Å². The van der Waals surface area contributed by atoms with Gasteiger partial charge in [0.1, 0.15) is 24.0 Å². The fourth-order valence-electron chi connectivity index (χ4n) is 3.54. The number of imidazole rings is 1. The zero-order valence-electron chi connectivity index (χ0n) is 18.2. The predicted octanol–water partition coefficient (Wildman–Crippen LogP) is 2.46. The minimum Gasteiger partial charge on any atom is -0.467 e. The van der Waals surface area contributed by atoms with Gasteiger partial charge in [0.25, 0.3) is 0 Å². The average molecular weight is 428 g/mol. The van der Waals surface area contributed by atoms with Gasteiger partial charge in [-0.05, 0) is 27.2 Å². The van der Waals surface area contributed by atoms with Gasteiger partial charge in [0.15, 0.2) is 0 Å². The zero-order chi connectivity index (χ0) is 22.6. The predicted molar refractivity (Wildman–Crippen MR) is 113 cm³/mol. The van der Waals surface area contributed by atoms with Crippen LogP contribution in [0.25, 0.3) is 11.3 Å². The Morgan fingerprint density at radius 3 is 2.58 bits per heavy atom. The second-order valence-electron chi connectivity index (χ2n) is 8.41.